The standard InChI is InChI=1S/C30H42N6O2.5ClH/c1-36(18-15-31,19-16-32)17-7-11-26(33)30(38)35-28(14-13-23-8-3-2-4-9-23)29(37)21-24-20-25-10-5-6-12-27(25)34-22-24;;;;;/h2-6,8-10,12,20,22,26,28H,7,11,13-19,21,31-33H2,1H3;5*1H/p+5/t26-,28+;;;;;/m0...../s1. The molecule has 0 bridgehead atoms. The van der Waals surface area contributed by atoms with Crippen LogP contribution in [0.5, 0.6) is 0 Å². The van der Waals surface area contributed by atoms with E-state index in [0.29, 0.717) is 12.8 Å². The van der Waals surface area contributed by atoms with Crippen molar-refractivity contribution in [3.8, 4) is 0 Å². The molecule has 1 heterocycles. The molecule has 0 unspecified atom stereocenters. The smallest absolute Gasteiger partial charge is 0.278 e. The zero-order valence-corrected chi connectivity index (χ0v) is 29.1. The van der Waals surface area contributed by atoms with Gasteiger partial charge in [-0.15, -0.1) is 62.0 Å². The molecule has 0 saturated heterocycles. The first-order valence-corrected chi connectivity index (χ1v) is 13.8. The lowest BCUT2D eigenvalue weighted by molar-refractivity contribution is -0.918. The second-order valence-corrected chi connectivity index (χ2v) is 10.7. The number of likely N-dealkylation sites (N-methyl/N-ethyl adjacent to an activating group) is 1. The van der Waals surface area contributed by atoms with E-state index in [1.54, 1.807) is 0 Å². The van der Waals surface area contributed by atoms with Crippen LogP contribution in [0.3, 0.4) is 0 Å². The molecule has 1 aromatic heterocycles. The Bertz CT molecular complexity index is 1190. The maximum Gasteiger partial charge on any atom is 0.278 e. The van der Waals surface area contributed by atoms with Crippen molar-refractivity contribution in [2.75, 3.05) is 39.8 Å². The second kappa shape index (κ2) is 23.6. The molecule has 8 nitrogen and oxygen atoms in total. The third kappa shape index (κ3) is 15.2. The number of pyridine rings is 1. The van der Waals surface area contributed by atoms with Crippen molar-refractivity contribution in [3.05, 3.63) is 78.0 Å². The first kappa shape index (κ1) is 45.7. The minimum absolute atomic E-state index is 0. The number of aromatic amines is 1. The number of aromatic nitrogens is 1. The van der Waals surface area contributed by atoms with Crippen LogP contribution in [-0.4, -0.2) is 68.0 Å². The maximum absolute atomic E-state index is 13.5. The highest BCUT2D eigenvalue weighted by molar-refractivity contribution is 5.92. The molecule has 3 rings (SSSR count). The minimum Gasteiger partial charge on any atom is -0.353 e. The average Bonchev–Trinajstić information content (AvgIpc) is 2.91. The topological polar surface area (TPSA) is 143 Å². The van der Waals surface area contributed by atoms with Crippen molar-refractivity contribution in [3.63, 3.8) is 0 Å². The van der Waals surface area contributed by atoms with Gasteiger partial charge in [0, 0.05) is 36.3 Å². The van der Waals surface area contributed by atoms with Gasteiger partial charge in [-0.3, -0.25) is 9.59 Å². The van der Waals surface area contributed by atoms with E-state index in [1.807, 2.05) is 54.7 Å². The van der Waals surface area contributed by atoms with Gasteiger partial charge in [-0.2, -0.15) is 0 Å². The van der Waals surface area contributed by atoms with Crippen LogP contribution in [0.1, 0.15) is 30.4 Å². The number of quaternary nitrogens is 4. The molecular weight excluding hydrogens is 654 g/mol. The summed E-state index contributed by atoms with van der Waals surface area (Å²) in [6, 6.07) is 19.2. The van der Waals surface area contributed by atoms with E-state index in [4.69, 9.17) is 0 Å². The summed E-state index contributed by atoms with van der Waals surface area (Å²) in [6.07, 6.45) is 5.00. The van der Waals surface area contributed by atoms with Gasteiger partial charge in [0.25, 0.3) is 5.91 Å². The monoisotopic (exact) mass is 703 g/mol. The molecule has 2 atom stereocenters. The lowest BCUT2D eigenvalue weighted by Gasteiger charge is -2.32. The number of H-pyrrole nitrogens is 1. The summed E-state index contributed by atoms with van der Waals surface area (Å²) >= 11 is 0. The van der Waals surface area contributed by atoms with E-state index in [1.165, 1.54) is 0 Å². The molecule has 0 fully saturated rings. The molecule has 3 aromatic rings. The number of nitrogens with zero attached hydrogens (tertiary/aromatic N) is 1. The van der Waals surface area contributed by atoms with Crippen LogP contribution in [0, 0.1) is 0 Å². The largest absolute Gasteiger partial charge is 0.353 e. The van der Waals surface area contributed by atoms with Crippen LogP contribution in [0.2, 0.25) is 0 Å². The molecule has 0 saturated carbocycles. The van der Waals surface area contributed by atoms with Crippen LogP contribution in [-0.2, 0) is 22.4 Å². The van der Waals surface area contributed by atoms with Gasteiger partial charge in [-0.1, -0.05) is 42.5 Å². The predicted molar refractivity (Wildman–Crippen MR) is 184 cm³/mol. The number of para-hydroxylation sites is 1. The van der Waals surface area contributed by atoms with Gasteiger partial charge < -0.3 is 27.0 Å². The number of aryl methyl sites for hydroxylation is 1. The van der Waals surface area contributed by atoms with Crippen molar-refractivity contribution in [2.45, 2.75) is 44.2 Å². The number of Topliss-reactive ketones (excluding diaryl/α,β-unsaturated/α-hetero) is 1. The summed E-state index contributed by atoms with van der Waals surface area (Å²) in [4.78, 5) is 29.9. The summed E-state index contributed by atoms with van der Waals surface area (Å²) in [5.74, 6) is -0.134. The first-order chi connectivity index (χ1) is 18.3. The Morgan fingerprint density at radius 3 is 2.07 bits per heavy atom. The Morgan fingerprint density at radius 1 is 0.837 bits per heavy atom. The van der Waals surface area contributed by atoms with Crippen LogP contribution >= 0.6 is 62.0 Å². The summed E-state index contributed by atoms with van der Waals surface area (Å²) in [6.45, 7) is 4.74. The zero-order valence-electron chi connectivity index (χ0n) is 25.0. The highest BCUT2D eigenvalue weighted by atomic mass is 35.5. The Labute approximate surface area is 286 Å². The third-order valence-electron chi connectivity index (χ3n) is 7.38. The predicted octanol–water partition coefficient (Wildman–Crippen LogP) is 1.31. The normalized spacial score (nSPS) is 11.7. The number of ketones is 1. The molecule has 2 aromatic carbocycles. The second-order valence-electron chi connectivity index (χ2n) is 10.7. The molecule has 43 heavy (non-hydrogen) atoms. The molecule has 11 N–H and O–H groups in total. The van der Waals surface area contributed by atoms with E-state index in [0.717, 1.165) is 72.1 Å². The van der Waals surface area contributed by atoms with Gasteiger partial charge in [0.2, 0.25) is 5.52 Å². The lowest BCUT2D eigenvalue weighted by atomic mass is 9.97. The number of hydrogen-bond donors (Lipinski definition) is 4. The fraction of sp³-hybridized carbons (Fsp3) is 0.433. The maximum atomic E-state index is 13.5. The number of carbonyl (C=O) groups is 2. The van der Waals surface area contributed by atoms with E-state index in [2.05, 4.69) is 46.7 Å². The van der Waals surface area contributed by atoms with E-state index in [9.17, 15) is 9.59 Å². The summed E-state index contributed by atoms with van der Waals surface area (Å²) < 4.78 is 0.919. The van der Waals surface area contributed by atoms with E-state index >= 15 is 0 Å². The molecule has 0 aliphatic carbocycles. The quantitative estimate of drug-likeness (QED) is 0.167. The number of hydrogen-bond acceptors (Lipinski definition) is 2. The fourth-order valence-corrected chi connectivity index (χ4v) is 5.10. The van der Waals surface area contributed by atoms with Crippen LogP contribution in [0.15, 0.2) is 66.9 Å². The van der Waals surface area contributed by atoms with Gasteiger partial charge in [0.15, 0.2) is 18.0 Å². The Morgan fingerprint density at radius 2 is 1.44 bits per heavy atom. The van der Waals surface area contributed by atoms with Crippen molar-refractivity contribution in [2.24, 2.45) is 0 Å². The molecule has 0 aliphatic rings. The molecular formula is C30H52Cl5N6O2+5. The Balaban J connectivity index is -0.00000320. The van der Waals surface area contributed by atoms with Gasteiger partial charge in [-0.25, -0.2) is 4.98 Å². The van der Waals surface area contributed by atoms with Crippen LogP contribution in [0.25, 0.3) is 10.9 Å². The Hall–Kier alpha value is -1.72. The van der Waals surface area contributed by atoms with Crippen molar-refractivity contribution in [1.82, 2.24) is 5.32 Å². The van der Waals surface area contributed by atoms with E-state index in [-0.39, 0.29) is 80.1 Å². The van der Waals surface area contributed by atoms with Crippen molar-refractivity contribution >= 4 is 84.6 Å². The van der Waals surface area contributed by atoms with Gasteiger partial charge in [0.1, 0.15) is 26.2 Å². The highest BCUT2D eigenvalue weighted by Crippen LogP contribution is 2.13. The molecule has 0 aliphatic heterocycles. The lowest BCUT2D eigenvalue weighted by Crippen LogP contribution is -2.69. The van der Waals surface area contributed by atoms with Gasteiger partial charge >= 0.3 is 0 Å². The first-order valence-electron chi connectivity index (χ1n) is 13.8. The Kier molecular flexibility index (Phi) is 25.1. The number of rotatable bonds is 16. The molecule has 13 heteroatoms. The SMILES string of the molecule is C[N+](CC[NH3+])(CC[NH3+])CCC[C@H]([NH3+])C(=O)N[C@H](CCc1ccccc1)C(=O)Cc1c[nH+]c2ccccc2c1.Cl.Cl.Cl.Cl.Cl. The number of halogens is 5. The molecule has 244 valence electrons. The highest BCUT2D eigenvalue weighted by Gasteiger charge is 2.27. The number of amides is 1. The van der Waals surface area contributed by atoms with Crippen molar-refractivity contribution < 1.29 is 36.3 Å². The summed E-state index contributed by atoms with van der Waals surface area (Å²) in [5.41, 5.74) is 15.2. The molecule has 0 radical (unpaired) electrons. The molecule has 1 amide bonds. The van der Waals surface area contributed by atoms with E-state index < -0.39 is 12.1 Å². The summed E-state index contributed by atoms with van der Waals surface area (Å²) in [5, 5.41) is 4.11. The minimum atomic E-state index is -0.559. The fourth-order valence-electron chi connectivity index (χ4n) is 5.10. The number of fused-ring (bicyclic) bond motifs is 1. The zero-order chi connectivity index (χ0) is 27.4. The average molecular weight is 706 g/mol. The molecule has 0 spiro atoms. The third-order valence-corrected chi connectivity index (χ3v) is 7.38. The van der Waals surface area contributed by atoms with Crippen molar-refractivity contribution in [1.29, 1.82) is 0 Å². The summed E-state index contributed by atoms with van der Waals surface area (Å²) in [7, 11) is 2.23. The van der Waals surface area contributed by atoms with Crippen LogP contribution in [0.4, 0.5) is 0 Å². The van der Waals surface area contributed by atoms with Gasteiger partial charge in [0.05, 0.1) is 19.6 Å². The number of benzene rings is 2. The van der Waals surface area contributed by atoms with Crippen LogP contribution < -0.4 is 27.5 Å². The van der Waals surface area contributed by atoms with Gasteiger partial charge in [-0.05, 0) is 30.5 Å². The number of nitrogens with one attached hydrogen (secondary N) is 2. The number of carbonyl (C=O) groups excluding carboxylic acids is 2.